The van der Waals surface area contributed by atoms with Gasteiger partial charge in [0, 0.05) is 55.6 Å². The van der Waals surface area contributed by atoms with Crippen molar-refractivity contribution >= 4 is 138 Å². The van der Waals surface area contributed by atoms with Crippen molar-refractivity contribution in [1.29, 1.82) is 0 Å². The van der Waals surface area contributed by atoms with Gasteiger partial charge in [0.05, 0.1) is 26.8 Å². The fourth-order valence-electron chi connectivity index (χ4n) is 13.6. The quantitative estimate of drug-likeness (QED) is 0.0320. The van der Waals surface area contributed by atoms with Crippen LogP contribution in [0.5, 0.6) is 0 Å². The summed E-state index contributed by atoms with van der Waals surface area (Å²) in [5.74, 6) is -0.0863. The van der Waals surface area contributed by atoms with Crippen molar-refractivity contribution in [3.05, 3.63) is 229 Å². The van der Waals surface area contributed by atoms with Crippen molar-refractivity contribution in [2.45, 2.75) is 113 Å². The number of hydrogen-bond donors (Lipinski definition) is 4. The number of nitrogens with one attached hydrogen (secondary N) is 4. The molecule has 4 N–H and O–H groups in total. The van der Waals surface area contributed by atoms with E-state index in [1.165, 1.54) is 80.6 Å². The van der Waals surface area contributed by atoms with E-state index in [0.717, 1.165) is 68.9 Å². The van der Waals surface area contributed by atoms with Crippen LogP contribution in [0.3, 0.4) is 0 Å². The molecule has 30 nitrogen and oxygen atoms in total. The summed E-state index contributed by atoms with van der Waals surface area (Å²) in [5.41, 5.74) is 9.80. The van der Waals surface area contributed by atoms with Gasteiger partial charge in [-0.1, -0.05) is 122 Å². The molecule has 0 atom stereocenters. The summed E-state index contributed by atoms with van der Waals surface area (Å²) in [6.45, 7) is 21.6. The van der Waals surface area contributed by atoms with E-state index in [0.29, 0.717) is 39.4 Å². The standard InChI is InChI=1S/C75H65N4O17S5.6Na.3O3S/c1-38-25-39(2)70(40(3)26-38)76-50-21-23-52-60(32-50)95-62-36-58(66(99(86,87)88)34-56(62)68(52)54-17-13-15-19-64(54)97(80,81)82)78-72-44(7)30-49(31-45(72)8)75(11,12)48-28-42(5)71(43(6)29-48)77-51-22-24-53-61(33-51)96-63-37-59(79-73-41(4)27-46(9)74(47(73)10)101(92,93)94)67(100(89,90)91)35-57(63)69(53)55-18-14-16-20-65(55)98(83,84)85;;;;;;;3*1-4(2)3/h13-20,23-25,27-37,76-77H,1-12H3,(H,80,81,82)(H,83,84,85)(H,86,87,88)(H,89,90,91)(H,92,93,94);;;;;;;;;/q-3;6*+1;;;/p-3. The second-order valence-electron chi connectivity index (χ2n) is 26.3. The van der Waals surface area contributed by atoms with Crippen LogP contribution in [-0.2, 0) is 87.8 Å². The normalized spacial score (nSPS) is 11.7. The zero-order valence-electron chi connectivity index (χ0n) is 67.1. The zero-order chi connectivity index (χ0) is 84.0. The fraction of sp³-hybridized carbons (Fsp3) is 0.173. The van der Waals surface area contributed by atoms with E-state index in [9.17, 15) is 64.9 Å². The van der Waals surface area contributed by atoms with E-state index in [4.69, 9.17) is 46.7 Å². The first kappa shape index (κ1) is 108. The average molecular weight is 1830 g/mol. The Hall–Kier alpha value is -4.85. The van der Waals surface area contributed by atoms with Gasteiger partial charge in [-0.2, -0.15) is 42.0 Å². The third kappa shape index (κ3) is 25.7. The Morgan fingerprint density at radius 3 is 1.08 bits per heavy atom. The van der Waals surface area contributed by atoms with Gasteiger partial charge >= 0.3 is 209 Å². The third-order valence-corrected chi connectivity index (χ3v) is 22.9. The number of rotatable bonds is 15. The molecule has 119 heavy (non-hydrogen) atoms. The van der Waals surface area contributed by atoms with Crippen LogP contribution in [0, 0.1) is 87.4 Å². The first-order chi connectivity index (χ1) is 52.3. The molecule has 2 aliphatic carbocycles. The van der Waals surface area contributed by atoms with Crippen molar-refractivity contribution in [2.75, 3.05) is 10.6 Å². The Kier molecular flexibility index (Phi) is 39.0. The Morgan fingerprint density at radius 2 is 0.723 bits per heavy atom. The van der Waals surface area contributed by atoms with Crippen molar-refractivity contribution in [1.82, 2.24) is 0 Å². The summed E-state index contributed by atoms with van der Waals surface area (Å²) in [4.78, 5) is 2.72. The Labute approximate surface area is 823 Å². The molecule has 0 fully saturated rings. The van der Waals surface area contributed by atoms with Crippen LogP contribution in [0.1, 0.15) is 80.6 Å². The first-order valence-electron chi connectivity index (χ1n) is 32.6. The molecule has 0 unspecified atom stereocenters. The summed E-state index contributed by atoms with van der Waals surface area (Å²) in [6, 6.07) is 42.4. The van der Waals surface area contributed by atoms with E-state index in [1.54, 1.807) is 19.1 Å². The third-order valence-electron chi connectivity index (χ3n) is 18.2. The topological polar surface area (TPSA) is 518 Å². The number of hydrogen-bond acceptors (Lipinski definition) is 28. The Morgan fingerprint density at radius 1 is 0.387 bits per heavy atom. The minimum absolute atomic E-state index is 0. The minimum Gasteiger partial charge on any atom is -0.744 e. The summed E-state index contributed by atoms with van der Waals surface area (Å²) in [6.07, 6.45) is 0. The van der Waals surface area contributed by atoms with Crippen LogP contribution < -0.4 is 209 Å². The number of benzene rings is 10. The molecule has 8 aromatic rings. The molecular weight excluding hydrogens is 1770 g/mol. The fourth-order valence-corrected chi connectivity index (χ4v) is 17.2. The number of anilines is 4. The van der Waals surface area contributed by atoms with E-state index >= 15 is 0 Å². The molecule has 0 spiro atoms. The van der Waals surface area contributed by atoms with Crippen LogP contribution in [0.15, 0.2) is 167 Å². The molecule has 0 aromatic heterocycles. The van der Waals surface area contributed by atoms with Gasteiger partial charge in [0.15, 0.2) is 0 Å². The summed E-state index contributed by atoms with van der Waals surface area (Å²) in [5, 5.41) is 6.69. The van der Waals surface area contributed by atoms with E-state index in [2.05, 4.69) is 38.8 Å². The van der Waals surface area contributed by atoms with Crippen LogP contribution >= 0.6 is 0 Å². The largest absolute Gasteiger partial charge is 1.00 e. The molecule has 0 radical (unpaired) electrons. The molecule has 2 aliphatic heterocycles. The monoisotopic (exact) mass is 1830 g/mol. The predicted molar refractivity (Wildman–Crippen MR) is 401 cm³/mol. The van der Waals surface area contributed by atoms with E-state index < -0.39 is 112 Å². The van der Waals surface area contributed by atoms with E-state index in [-0.39, 0.29) is 272 Å². The van der Waals surface area contributed by atoms with Crippen molar-refractivity contribution in [3.8, 4) is 44.9 Å². The molecule has 12 rings (SSSR count). The number of aryl methyl sites for hydroxylation is 9. The van der Waals surface area contributed by atoms with Gasteiger partial charge in [0.1, 0.15) is 71.9 Å². The molecule has 0 saturated heterocycles. The molecule has 4 aliphatic rings. The van der Waals surface area contributed by atoms with Gasteiger partial charge in [-0.05, 0) is 130 Å². The van der Waals surface area contributed by atoms with Crippen molar-refractivity contribution in [3.63, 3.8) is 0 Å². The van der Waals surface area contributed by atoms with Gasteiger partial charge in [-0.3, -0.25) is 0 Å². The smallest absolute Gasteiger partial charge is 0.744 e. The summed E-state index contributed by atoms with van der Waals surface area (Å²) in [7, 11) is -35.5. The van der Waals surface area contributed by atoms with Gasteiger partial charge in [-0.25, -0.2) is 52.1 Å². The van der Waals surface area contributed by atoms with Gasteiger partial charge in [0.25, 0.3) is 0 Å². The Balaban J connectivity index is 0.00000191. The molecule has 44 heteroatoms. The molecule has 8 aromatic carbocycles. The summed E-state index contributed by atoms with van der Waals surface area (Å²) < 4.78 is 284. The maximum atomic E-state index is 13.5. The first-order valence-corrected chi connectivity index (χ1v) is 42.6. The predicted octanol–water partition coefficient (Wildman–Crippen LogP) is -10.8. The maximum absolute atomic E-state index is 13.5. The van der Waals surface area contributed by atoms with E-state index in [1.807, 2.05) is 92.6 Å². The van der Waals surface area contributed by atoms with Gasteiger partial charge < -0.3 is 42.2 Å². The van der Waals surface area contributed by atoms with Crippen molar-refractivity contribution < 1.29 is 299 Å². The van der Waals surface area contributed by atoms with Crippen molar-refractivity contribution in [2.24, 2.45) is 0 Å². The second-order valence-corrected chi connectivity index (χ2v) is 34.3. The molecule has 0 bridgehead atoms. The van der Waals surface area contributed by atoms with Crippen LogP contribution in [0.2, 0.25) is 0 Å². The molecule has 0 saturated carbocycles. The summed E-state index contributed by atoms with van der Waals surface area (Å²) >= 11 is 0. The molecule has 592 valence electrons. The average Bonchev–Trinajstić information content (AvgIpc) is 0.736. The number of fused-ring (bicyclic) bond motifs is 4. The minimum atomic E-state index is -5.42. The van der Waals surface area contributed by atoms with Gasteiger partial charge in [-0.15, -0.1) is 61.1 Å². The second kappa shape index (κ2) is 42.9. The van der Waals surface area contributed by atoms with Crippen LogP contribution in [0.25, 0.3) is 66.8 Å². The Bertz CT molecular complexity index is 6970. The maximum Gasteiger partial charge on any atom is 1.00 e. The van der Waals surface area contributed by atoms with Gasteiger partial charge in [0.2, 0.25) is 22.1 Å². The molecule has 0 amide bonds. The van der Waals surface area contributed by atoms with Crippen LogP contribution in [0.4, 0.5) is 34.1 Å². The molecular formula is C75H62N4Na6O26S8. The molecule has 2 heterocycles. The zero-order valence-corrected chi connectivity index (χ0v) is 85.6. The SMILES string of the molecule is Cc1[c-]c(C)c(Nc2[c-]cc3c(-c4ccccc4S(=O)(=O)[O-])c4cc(S(=O)(=O)[O-])c(=[NH+]c5c(C)cc(C(C)(C)c6cc(C)c(Nc7[c-]cc8c(-c9ccccc9S(=O)(=O)[O-])c9cc(S(=O)(=O)[O-])c(=[NH+]c%10c(C)cc(C)c(S(=O)(=O)[O-])c%10C)cc-9oc8c7)c(C)c6)cc5C)cc-4oc3c2)c(C)c1.O=S(=O)=O.O=S(=O)=O.O=S(=O)=O.[Na+].[Na+].[Na+].[Na+].[Na+].[Na+]. The van der Waals surface area contributed by atoms with Crippen LogP contribution in [-0.4, -0.2) is 103 Å².